The maximum atomic E-state index is 12.1. The van der Waals surface area contributed by atoms with E-state index in [-0.39, 0.29) is 11.9 Å². The highest BCUT2D eigenvalue weighted by molar-refractivity contribution is 5.92. The lowest BCUT2D eigenvalue weighted by atomic mass is 10.0. The van der Waals surface area contributed by atoms with Crippen molar-refractivity contribution < 1.29 is 4.79 Å². The Morgan fingerprint density at radius 1 is 1.53 bits per heavy atom. The molecule has 1 aromatic rings. The van der Waals surface area contributed by atoms with E-state index in [9.17, 15) is 4.79 Å². The van der Waals surface area contributed by atoms with Crippen molar-refractivity contribution in [1.29, 1.82) is 0 Å². The highest BCUT2D eigenvalue weighted by Gasteiger charge is 2.21. The smallest absolute Gasteiger partial charge is 0.269 e. The van der Waals surface area contributed by atoms with E-state index in [1.54, 1.807) is 11.7 Å². The summed E-state index contributed by atoms with van der Waals surface area (Å²) in [5.74, 6) is -0.0274. The Morgan fingerprint density at radius 3 is 2.74 bits per heavy atom. The Morgan fingerprint density at radius 2 is 2.21 bits per heavy atom. The first-order valence-electron chi connectivity index (χ1n) is 6.84. The molecule has 106 valence electrons. The van der Waals surface area contributed by atoms with Gasteiger partial charge in [-0.25, -0.2) is 0 Å². The summed E-state index contributed by atoms with van der Waals surface area (Å²) in [6.45, 7) is 5.55. The zero-order chi connectivity index (χ0) is 13.8. The molecule has 1 amide bonds. The second-order valence-electron chi connectivity index (χ2n) is 5.17. The molecule has 0 bridgehead atoms. The lowest BCUT2D eigenvalue weighted by molar-refractivity contribution is 0.0902. The molecule has 1 aliphatic rings. The molecule has 2 heterocycles. The molecular weight excluding hydrogens is 242 g/mol. The van der Waals surface area contributed by atoms with Crippen LogP contribution in [0.4, 0.5) is 0 Å². The fourth-order valence-corrected chi connectivity index (χ4v) is 2.57. The van der Waals surface area contributed by atoms with Crippen LogP contribution in [0.2, 0.25) is 0 Å². The van der Waals surface area contributed by atoms with Crippen LogP contribution in [0.25, 0.3) is 0 Å². The molecule has 0 atom stereocenters. The molecule has 0 aliphatic carbocycles. The molecule has 1 fully saturated rings. The predicted molar refractivity (Wildman–Crippen MR) is 73.9 cm³/mol. The van der Waals surface area contributed by atoms with Gasteiger partial charge in [-0.3, -0.25) is 9.48 Å². The van der Waals surface area contributed by atoms with E-state index in [0.717, 1.165) is 38.2 Å². The van der Waals surface area contributed by atoms with Crippen LogP contribution in [0.3, 0.4) is 0 Å². The van der Waals surface area contributed by atoms with Gasteiger partial charge in [-0.05, 0) is 25.8 Å². The summed E-state index contributed by atoms with van der Waals surface area (Å²) in [6, 6.07) is 2.08. The Bertz CT molecular complexity index is 434. The van der Waals surface area contributed by atoms with Gasteiger partial charge in [0.1, 0.15) is 5.69 Å². The molecule has 1 saturated heterocycles. The van der Waals surface area contributed by atoms with E-state index in [4.69, 9.17) is 5.73 Å². The number of nitrogens with two attached hydrogens (primary N) is 1. The molecular formula is C13H23N5O. The van der Waals surface area contributed by atoms with Crippen LogP contribution < -0.4 is 11.1 Å². The first-order chi connectivity index (χ1) is 9.10. The Labute approximate surface area is 113 Å². The maximum absolute atomic E-state index is 12.1. The summed E-state index contributed by atoms with van der Waals surface area (Å²) < 4.78 is 1.63. The highest BCUT2D eigenvalue weighted by atomic mass is 16.2. The highest BCUT2D eigenvalue weighted by Crippen LogP contribution is 2.11. The molecule has 0 spiro atoms. The normalized spacial score (nSPS) is 17.6. The summed E-state index contributed by atoms with van der Waals surface area (Å²) in [6.07, 6.45) is 1.98. The summed E-state index contributed by atoms with van der Waals surface area (Å²) in [4.78, 5) is 14.5. The van der Waals surface area contributed by atoms with Crippen molar-refractivity contribution in [1.82, 2.24) is 20.0 Å². The van der Waals surface area contributed by atoms with Crippen LogP contribution in [0.1, 0.15) is 29.0 Å². The number of likely N-dealkylation sites (tertiary alicyclic amines) is 1. The van der Waals surface area contributed by atoms with E-state index < -0.39 is 0 Å². The summed E-state index contributed by atoms with van der Waals surface area (Å²) in [5.41, 5.74) is 7.04. The zero-order valence-corrected chi connectivity index (χ0v) is 11.7. The summed E-state index contributed by atoms with van der Waals surface area (Å²) in [5, 5.41) is 7.29. The molecule has 0 aromatic carbocycles. The van der Waals surface area contributed by atoms with Crippen LogP contribution >= 0.6 is 0 Å². The zero-order valence-electron chi connectivity index (χ0n) is 11.7. The van der Waals surface area contributed by atoms with Gasteiger partial charge in [0.2, 0.25) is 0 Å². The fourth-order valence-electron chi connectivity index (χ4n) is 2.57. The number of nitrogens with one attached hydrogen (secondary N) is 1. The molecule has 2 rings (SSSR count). The second-order valence-corrected chi connectivity index (χ2v) is 5.17. The monoisotopic (exact) mass is 265 g/mol. The van der Waals surface area contributed by atoms with E-state index in [1.807, 2.05) is 13.0 Å². The fraction of sp³-hybridized carbons (Fsp3) is 0.692. The first kappa shape index (κ1) is 14.0. The van der Waals surface area contributed by atoms with Crippen molar-refractivity contribution in [2.24, 2.45) is 12.8 Å². The lowest BCUT2D eigenvalue weighted by Crippen LogP contribution is -2.46. The lowest BCUT2D eigenvalue weighted by Gasteiger charge is -2.31. The molecule has 19 heavy (non-hydrogen) atoms. The van der Waals surface area contributed by atoms with Crippen molar-refractivity contribution in [2.75, 3.05) is 26.2 Å². The van der Waals surface area contributed by atoms with Gasteiger partial charge in [-0.1, -0.05) is 0 Å². The average Bonchev–Trinajstić information content (AvgIpc) is 2.71. The number of aromatic nitrogens is 2. The number of carbonyl (C=O) groups excluding carboxylic acids is 1. The minimum Gasteiger partial charge on any atom is -0.348 e. The van der Waals surface area contributed by atoms with Crippen molar-refractivity contribution >= 4 is 5.91 Å². The molecule has 0 saturated carbocycles. The van der Waals surface area contributed by atoms with Crippen LogP contribution in [0.5, 0.6) is 0 Å². The van der Waals surface area contributed by atoms with Crippen LogP contribution in [0, 0.1) is 6.92 Å². The first-order valence-corrected chi connectivity index (χ1v) is 6.84. The van der Waals surface area contributed by atoms with Crippen LogP contribution in [-0.2, 0) is 7.05 Å². The summed E-state index contributed by atoms with van der Waals surface area (Å²) in [7, 11) is 1.80. The molecule has 6 nitrogen and oxygen atoms in total. The SMILES string of the molecule is Cc1cc(C(=O)NC2CCN(CCN)CC2)n(C)n1. The second kappa shape index (κ2) is 6.16. The Balaban J connectivity index is 1.85. The number of piperidine rings is 1. The predicted octanol–water partition coefficient (Wildman–Crippen LogP) is -0.119. The van der Waals surface area contributed by atoms with Gasteiger partial charge in [-0.15, -0.1) is 0 Å². The summed E-state index contributed by atoms with van der Waals surface area (Å²) >= 11 is 0. The number of aryl methyl sites for hydroxylation is 2. The number of carbonyl (C=O) groups is 1. The van der Waals surface area contributed by atoms with Gasteiger partial charge in [-0.2, -0.15) is 5.10 Å². The van der Waals surface area contributed by atoms with E-state index in [1.165, 1.54) is 0 Å². The average molecular weight is 265 g/mol. The minimum absolute atomic E-state index is 0.0274. The maximum Gasteiger partial charge on any atom is 0.269 e. The number of rotatable bonds is 4. The largest absolute Gasteiger partial charge is 0.348 e. The van der Waals surface area contributed by atoms with Gasteiger partial charge in [0.05, 0.1) is 5.69 Å². The molecule has 0 radical (unpaired) electrons. The third-order valence-electron chi connectivity index (χ3n) is 3.60. The van der Waals surface area contributed by atoms with E-state index in [2.05, 4.69) is 15.3 Å². The van der Waals surface area contributed by atoms with Crippen molar-refractivity contribution in [3.05, 3.63) is 17.5 Å². The Hall–Kier alpha value is -1.40. The van der Waals surface area contributed by atoms with E-state index in [0.29, 0.717) is 12.2 Å². The third kappa shape index (κ3) is 3.54. The number of amides is 1. The van der Waals surface area contributed by atoms with Crippen molar-refractivity contribution in [3.63, 3.8) is 0 Å². The van der Waals surface area contributed by atoms with Gasteiger partial charge in [0.15, 0.2) is 0 Å². The quantitative estimate of drug-likeness (QED) is 0.796. The van der Waals surface area contributed by atoms with Crippen molar-refractivity contribution in [3.8, 4) is 0 Å². The van der Waals surface area contributed by atoms with Crippen LogP contribution in [0.15, 0.2) is 6.07 Å². The van der Waals surface area contributed by atoms with Crippen LogP contribution in [-0.4, -0.2) is 52.8 Å². The van der Waals surface area contributed by atoms with Gasteiger partial charge in [0, 0.05) is 39.3 Å². The molecule has 1 aromatic heterocycles. The van der Waals surface area contributed by atoms with Gasteiger partial charge < -0.3 is 16.0 Å². The number of hydrogen-bond donors (Lipinski definition) is 2. The number of nitrogens with zero attached hydrogens (tertiary/aromatic N) is 3. The van der Waals surface area contributed by atoms with Crippen molar-refractivity contribution in [2.45, 2.75) is 25.8 Å². The molecule has 0 unspecified atom stereocenters. The third-order valence-corrected chi connectivity index (χ3v) is 3.60. The standard InChI is InChI=1S/C13H23N5O/c1-10-9-12(17(2)16-10)13(19)15-11-3-6-18(7-4-11)8-5-14/h9,11H,3-8,14H2,1-2H3,(H,15,19). The molecule has 6 heteroatoms. The number of hydrogen-bond acceptors (Lipinski definition) is 4. The van der Waals surface area contributed by atoms with Gasteiger partial charge >= 0.3 is 0 Å². The molecule has 3 N–H and O–H groups in total. The Kier molecular flexibility index (Phi) is 4.55. The topological polar surface area (TPSA) is 76.2 Å². The minimum atomic E-state index is -0.0274. The van der Waals surface area contributed by atoms with E-state index >= 15 is 0 Å². The van der Waals surface area contributed by atoms with Gasteiger partial charge in [0.25, 0.3) is 5.91 Å². The molecule has 1 aliphatic heterocycles.